The first kappa shape index (κ1) is 17.2. The van der Waals surface area contributed by atoms with E-state index in [2.05, 4.69) is 10.3 Å². The lowest BCUT2D eigenvalue weighted by Gasteiger charge is -2.16. The zero-order valence-electron chi connectivity index (χ0n) is 13.1. The predicted octanol–water partition coefficient (Wildman–Crippen LogP) is 2.45. The predicted molar refractivity (Wildman–Crippen MR) is 86.8 cm³/mol. The molecule has 0 aliphatic heterocycles. The molecule has 7 heteroatoms. The summed E-state index contributed by atoms with van der Waals surface area (Å²) in [7, 11) is 1.27. The quantitative estimate of drug-likeness (QED) is 0.671. The Bertz CT molecular complexity index is 751. The molecule has 5 nitrogen and oxygen atoms in total. The number of pyridine rings is 1. The lowest BCUT2D eigenvalue weighted by molar-refractivity contribution is -0.144. The van der Waals surface area contributed by atoms with Gasteiger partial charge in [0.25, 0.3) is 0 Å². The summed E-state index contributed by atoms with van der Waals surface area (Å²) >= 11 is 1.34. The van der Waals surface area contributed by atoms with Crippen LogP contribution in [0.1, 0.15) is 12.6 Å². The van der Waals surface area contributed by atoms with Gasteiger partial charge >= 0.3 is 5.97 Å². The molecule has 0 radical (unpaired) electrons. The summed E-state index contributed by atoms with van der Waals surface area (Å²) < 4.78 is 18.2. The van der Waals surface area contributed by atoms with Crippen LogP contribution in [0.15, 0.2) is 29.2 Å². The van der Waals surface area contributed by atoms with E-state index in [4.69, 9.17) is 4.74 Å². The van der Waals surface area contributed by atoms with Gasteiger partial charge in [0.05, 0.1) is 12.6 Å². The van der Waals surface area contributed by atoms with Crippen molar-refractivity contribution < 1.29 is 18.7 Å². The topological polar surface area (TPSA) is 68.3 Å². The highest BCUT2D eigenvalue weighted by Gasteiger charge is 2.21. The number of carbonyl (C=O) groups is 2. The van der Waals surface area contributed by atoms with E-state index < -0.39 is 12.0 Å². The third-order valence-electron chi connectivity index (χ3n) is 3.13. The molecule has 1 atom stereocenters. The van der Waals surface area contributed by atoms with Crippen LogP contribution in [0.25, 0.3) is 10.9 Å². The molecule has 1 aromatic heterocycles. The number of hydrogen-bond donors (Lipinski definition) is 1. The van der Waals surface area contributed by atoms with E-state index in [0.717, 1.165) is 10.6 Å². The number of fused-ring (bicyclic) bond motifs is 1. The second-order valence-electron chi connectivity index (χ2n) is 5.01. The molecule has 122 valence electrons. The van der Waals surface area contributed by atoms with Crippen LogP contribution in [0.2, 0.25) is 0 Å². The molecule has 0 fully saturated rings. The fourth-order valence-corrected chi connectivity index (χ4v) is 3.28. The standard InChI is InChI=1S/C16H17FN2O3S/c1-9-6-15(12-7-11(17)4-5-13(12)18-9)23-8-14(16(21)22-3)19-10(2)20/h4-7,14H,8H2,1-3H3,(H,19,20)/t14-/m1/s1. The number of thioether (sulfide) groups is 1. The number of aromatic nitrogens is 1. The van der Waals surface area contributed by atoms with Crippen LogP contribution in [0, 0.1) is 12.7 Å². The number of halogens is 1. The molecule has 0 unspecified atom stereocenters. The molecule has 0 aliphatic rings. The van der Waals surface area contributed by atoms with Crippen molar-refractivity contribution in [3.05, 3.63) is 35.8 Å². The fraction of sp³-hybridized carbons (Fsp3) is 0.312. The Hall–Kier alpha value is -2.15. The molecule has 0 spiro atoms. The minimum absolute atomic E-state index is 0.279. The number of aryl methyl sites for hydroxylation is 1. The minimum Gasteiger partial charge on any atom is -0.467 e. The lowest BCUT2D eigenvalue weighted by Crippen LogP contribution is -2.42. The van der Waals surface area contributed by atoms with E-state index in [1.165, 1.54) is 37.9 Å². The number of ether oxygens (including phenoxy) is 1. The van der Waals surface area contributed by atoms with E-state index in [1.807, 2.05) is 13.0 Å². The van der Waals surface area contributed by atoms with Gasteiger partial charge in [-0.1, -0.05) is 0 Å². The number of methoxy groups -OCH3 is 1. The first-order valence-electron chi connectivity index (χ1n) is 6.95. The zero-order chi connectivity index (χ0) is 17.0. The molecule has 1 heterocycles. The number of nitrogens with zero attached hydrogens (tertiary/aromatic N) is 1. The van der Waals surface area contributed by atoms with Gasteiger partial charge in [-0.05, 0) is 31.2 Å². The molecule has 1 amide bonds. The maximum Gasteiger partial charge on any atom is 0.329 e. The Morgan fingerprint density at radius 2 is 2.13 bits per heavy atom. The zero-order valence-corrected chi connectivity index (χ0v) is 13.9. The van der Waals surface area contributed by atoms with Crippen LogP contribution in [0.5, 0.6) is 0 Å². The van der Waals surface area contributed by atoms with Gasteiger partial charge in [-0.25, -0.2) is 9.18 Å². The van der Waals surface area contributed by atoms with Gasteiger partial charge in [-0.3, -0.25) is 9.78 Å². The van der Waals surface area contributed by atoms with Crippen LogP contribution in [0.4, 0.5) is 4.39 Å². The monoisotopic (exact) mass is 336 g/mol. The van der Waals surface area contributed by atoms with Crippen LogP contribution < -0.4 is 5.32 Å². The first-order valence-corrected chi connectivity index (χ1v) is 7.94. The average molecular weight is 336 g/mol. The van der Waals surface area contributed by atoms with Crippen molar-refractivity contribution in [1.82, 2.24) is 10.3 Å². The van der Waals surface area contributed by atoms with Gasteiger partial charge in [0.1, 0.15) is 11.9 Å². The average Bonchev–Trinajstić information content (AvgIpc) is 2.50. The van der Waals surface area contributed by atoms with Crippen molar-refractivity contribution in [1.29, 1.82) is 0 Å². The number of amides is 1. The highest BCUT2D eigenvalue weighted by Crippen LogP contribution is 2.29. The van der Waals surface area contributed by atoms with Gasteiger partial charge in [-0.2, -0.15) is 0 Å². The number of rotatable bonds is 5. The van der Waals surface area contributed by atoms with E-state index in [9.17, 15) is 14.0 Å². The Morgan fingerprint density at radius 1 is 1.39 bits per heavy atom. The third-order valence-corrected chi connectivity index (χ3v) is 4.28. The van der Waals surface area contributed by atoms with Crippen LogP contribution in [-0.2, 0) is 14.3 Å². The van der Waals surface area contributed by atoms with Crippen LogP contribution in [-0.4, -0.2) is 35.8 Å². The van der Waals surface area contributed by atoms with Crippen molar-refractivity contribution in [3.8, 4) is 0 Å². The Kier molecular flexibility index (Phi) is 5.54. The molecule has 23 heavy (non-hydrogen) atoms. The van der Waals surface area contributed by atoms with E-state index in [-0.39, 0.29) is 17.5 Å². The summed E-state index contributed by atoms with van der Waals surface area (Å²) in [4.78, 5) is 28.1. The summed E-state index contributed by atoms with van der Waals surface area (Å²) in [5, 5.41) is 3.22. The van der Waals surface area contributed by atoms with Gasteiger partial charge in [-0.15, -0.1) is 11.8 Å². The fourth-order valence-electron chi connectivity index (χ4n) is 2.14. The van der Waals surface area contributed by atoms with Crippen molar-refractivity contribution in [2.24, 2.45) is 0 Å². The highest BCUT2D eigenvalue weighted by atomic mass is 32.2. The maximum atomic E-state index is 13.5. The van der Waals surface area contributed by atoms with E-state index in [0.29, 0.717) is 10.9 Å². The summed E-state index contributed by atoms with van der Waals surface area (Å²) in [6, 6.07) is 5.45. The molecule has 2 aromatic rings. The third kappa shape index (κ3) is 4.41. The molecular formula is C16H17FN2O3S. The number of esters is 1. The first-order chi connectivity index (χ1) is 10.9. The normalized spacial score (nSPS) is 12.0. The summed E-state index contributed by atoms with van der Waals surface area (Å²) in [5.74, 6) is -0.908. The Balaban J connectivity index is 2.27. The second kappa shape index (κ2) is 7.41. The summed E-state index contributed by atoms with van der Waals surface area (Å²) in [6.45, 7) is 3.18. The molecule has 0 saturated heterocycles. The molecular weight excluding hydrogens is 319 g/mol. The molecule has 1 aromatic carbocycles. The molecule has 0 saturated carbocycles. The van der Waals surface area contributed by atoms with Gasteiger partial charge in [0, 0.05) is 28.7 Å². The summed E-state index contributed by atoms with van der Waals surface area (Å²) in [5.41, 5.74) is 1.48. The largest absolute Gasteiger partial charge is 0.467 e. The molecule has 0 bridgehead atoms. The Morgan fingerprint density at radius 3 is 2.78 bits per heavy atom. The molecule has 0 aliphatic carbocycles. The number of hydrogen-bond acceptors (Lipinski definition) is 5. The van der Waals surface area contributed by atoms with E-state index in [1.54, 1.807) is 6.07 Å². The summed E-state index contributed by atoms with van der Waals surface area (Å²) in [6.07, 6.45) is 0. The van der Waals surface area contributed by atoms with Gasteiger partial charge in [0.15, 0.2) is 0 Å². The highest BCUT2D eigenvalue weighted by molar-refractivity contribution is 7.99. The van der Waals surface area contributed by atoms with Gasteiger partial charge in [0.2, 0.25) is 5.91 Å². The Labute approximate surface area is 137 Å². The van der Waals surface area contributed by atoms with Gasteiger partial charge < -0.3 is 10.1 Å². The maximum absolute atomic E-state index is 13.5. The van der Waals surface area contributed by atoms with E-state index >= 15 is 0 Å². The van der Waals surface area contributed by atoms with Crippen molar-refractivity contribution in [2.45, 2.75) is 24.8 Å². The SMILES string of the molecule is COC(=O)[C@@H](CSc1cc(C)nc2ccc(F)cc12)NC(C)=O. The smallest absolute Gasteiger partial charge is 0.329 e. The van der Waals surface area contributed by atoms with Crippen LogP contribution in [0.3, 0.4) is 0 Å². The number of carbonyl (C=O) groups excluding carboxylic acids is 2. The lowest BCUT2D eigenvalue weighted by atomic mass is 10.2. The van der Waals surface area contributed by atoms with Crippen LogP contribution >= 0.6 is 11.8 Å². The number of benzene rings is 1. The molecule has 2 rings (SSSR count). The second-order valence-corrected chi connectivity index (χ2v) is 6.07. The number of nitrogens with one attached hydrogen (secondary N) is 1. The van der Waals surface area contributed by atoms with Crippen molar-refractivity contribution in [2.75, 3.05) is 12.9 Å². The minimum atomic E-state index is -0.764. The van der Waals surface area contributed by atoms with Crippen molar-refractivity contribution >= 4 is 34.5 Å². The van der Waals surface area contributed by atoms with Crippen molar-refractivity contribution in [3.63, 3.8) is 0 Å². The molecule has 1 N–H and O–H groups in total.